The Hall–Kier alpha value is -0.830. The van der Waals surface area contributed by atoms with Crippen molar-refractivity contribution in [2.24, 2.45) is 0 Å². The molecule has 0 fully saturated rings. The Morgan fingerprint density at radius 1 is 1.58 bits per heavy atom. The lowest BCUT2D eigenvalue weighted by atomic mass is 10.4. The van der Waals surface area contributed by atoms with E-state index in [0.717, 1.165) is 0 Å². The third-order valence-electron chi connectivity index (χ3n) is 1.12. The van der Waals surface area contributed by atoms with Gasteiger partial charge in [-0.1, -0.05) is 12.7 Å². The smallest absolute Gasteiger partial charge is 0.308 e. The molecule has 70 valence electrons. The molecule has 0 atom stereocenters. The van der Waals surface area contributed by atoms with E-state index in [2.05, 4.69) is 6.58 Å². The van der Waals surface area contributed by atoms with Crippen molar-refractivity contribution in [3.8, 4) is 0 Å². The maximum absolute atomic E-state index is 10.8. The minimum Gasteiger partial charge on any atom is -0.461 e. The molecular formula is C9H16O3. The molecule has 0 radical (unpaired) electrons. The van der Waals surface area contributed by atoms with Gasteiger partial charge in [0, 0.05) is 0 Å². The van der Waals surface area contributed by atoms with Gasteiger partial charge < -0.3 is 9.47 Å². The molecule has 0 aromatic rings. The normalized spacial score (nSPS) is 9.92. The molecule has 0 bridgehead atoms. The number of hydrogen-bond acceptors (Lipinski definition) is 3. The summed E-state index contributed by atoms with van der Waals surface area (Å²) in [5.41, 5.74) is 0. The van der Waals surface area contributed by atoms with Crippen molar-refractivity contribution < 1.29 is 14.3 Å². The van der Waals surface area contributed by atoms with E-state index in [1.807, 2.05) is 13.8 Å². The molecule has 0 aliphatic carbocycles. The summed E-state index contributed by atoms with van der Waals surface area (Å²) in [6.45, 7) is 7.99. The zero-order valence-electron chi connectivity index (χ0n) is 7.71. The molecule has 0 spiro atoms. The van der Waals surface area contributed by atoms with Gasteiger partial charge in [0.2, 0.25) is 0 Å². The van der Waals surface area contributed by atoms with Gasteiger partial charge in [-0.3, -0.25) is 4.79 Å². The zero-order valence-corrected chi connectivity index (χ0v) is 7.71. The first-order valence-electron chi connectivity index (χ1n) is 4.05. The van der Waals surface area contributed by atoms with Crippen LogP contribution in [0.2, 0.25) is 0 Å². The Kier molecular flexibility index (Phi) is 6.38. The summed E-state index contributed by atoms with van der Waals surface area (Å²) in [4.78, 5) is 10.8. The summed E-state index contributed by atoms with van der Waals surface area (Å²) < 4.78 is 9.90. The molecule has 0 unspecified atom stereocenters. The first kappa shape index (κ1) is 11.2. The Morgan fingerprint density at radius 2 is 2.25 bits per heavy atom. The van der Waals surface area contributed by atoms with Crippen LogP contribution in [0.4, 0.5) is 0 Å². The molecule has 0 saturated carbocycles. The van der Waals surface area contributed by atoms with Gasteiger partial charge in [-0.15, -0.1) is 0 Å². The summed E-state index contributed by atoms with van der Waals surface area (Å²) in [7, 11) is 0. The molecule has 0 aliphatic heterocycles. The Balaban J connectivity index is 3.25. The van der Waals surface area contributed by atoms with Crippen LogP contribution in [-0.4, -0.2) is 25.3 Å². The van der Waals surface area contributed by atoms with Crippen molar-refractivity contribution >= 4 is 5.97 Å². The van der Waals surface area contributed by atoms with Crippen molar-refractivity contribution in [3.63, 3.8) is 0 Å². The van der Waals surface area contributed by atoms with Crippen LogP contribution in [0.1, 0.15) is 20.3 Å². The highest BCUT2D eigenvalue weighted by Crippen LogP contribution is 1.92. The van der Waals surface area contributed by atoms with Crippen molar-refractivity contribution in [3.05, 3.63) is 12.7 Å². The van der Waals surface area contributed by atoms with E-state index in [1.165, 1.54) is 0 Å². The van der Waals surface area contributed by atoms with E-state index in [9.17, 15) is 4.79 Å². The summed E-state index contributed by atoms with van der Waals surface area (Å²) in [6.07, 6.45) is 2.02. The molecule has 0 aromatic carbocycles. The third kappa shape index (κ3) is 7.28. The summed E-state index contributed by atoms with van der Waals surface area (Å²) in [6, 6.07) is 0. The van der Waals surface area contributed by atoms with Crippen LogP contribution in [0.3, 0.4) is 0 Å². The maximum atomic E-state index is 10.8. The molecule has 0 amide bonds. The van der Waals surface area contributed by atoms with Crippen molar-refractivity contribution in [1.29, 1.82) is 0 Å². The summed E-state index contributed by atoms with van der Waals surface area (Å²) in [5, 5.41) is 0. The molecule has 0 saturated heterocycles. The first-order valence-corrected chi connectivity index (χ1v) is 4.05. The van der Waals surface area contributed by atoms with Gasteiger partial charge >= 0.3 is 5.97 Å². The SMILES string of the molecule is C=CCOC(=O)CCOC(C)C. The fourth-order valence-electron chi connectivity index (χ4n) is 0.602. The first-order chi connectivity index (χ1) is 5.66. The van der Waals surface area contributed by atoms with E-state index >= 15 is 0 Å². The van der Waals surface area contributed by atoms with Crippen LogP contribution in [0, 0.1) is 0 Å². The number of carbonyl (C=O) groups is 1. The van der Waals surface area contributed by atoms with Crippen LogP contribution < -0.4 is 0 Å². The topological polar surface area (TPSA) is 35.5 Å². The van der Waals surface area contributed by atoms with Crippen molar-refractivity contribution in [2.75, 3.05) is 13.2 Å². The minimum absolute atomic E-state index is 0.164. The second kappa shape index (κ2) is 6.85. The van der Waals surface area contributed by atoms with Crippen molar-refractivity contribution in [1.82, 2.24) is 0 Å². The van der Waals surface area contributed by atoms with Gasteiger partial charge in [-0.25, -0.2) is 0 Å². The molecular weight excluding hydrogens is 156 g/mol. The zero-order chi connectivity index (χ0) is 9.40. The fraction of sp³-hybridized carbons (Fsp3) is 0.667. The standard InChI is InChI=1S/C9H16O3/c1-4-6-12-9(10)5-7-11-8(2)3/h4,8H,1,5-7H2,2-3H3. The Labute approximate surface area is 73.4 Å². The molecule has 0 rings (SSSR count). The maximum Gasteiger partial charge on any atom is 0.308 e. The third-order valence-corrected chi connectivity index (χ3v) is 1.12. The van der Waals surface area contributed by atoms with E-state index in [4.69, 9.17) is 9.47 Å². The number of carbonyl (C=O) groups excluding carboxylic acids is 1. The van der Waals surface area contributed by atoms with Gasteiger partial charge in [-0.05, 0) is 13.8 Å². The highest BCUT2D eigenvalue weighted by molar-refractivity contribution is 5.69. The minimum atomic E-state index is -0.240. The lowest BCUT2D eigenvalue weighted by Gasteiger charge is -2.06. The second-order valence-corrected chi connectivity index (χ2v) is 2.64. The van der Waals surface area contributed by atoms with E-state index < -0.39 is 0 Å². The monoisotopic (exact) mass is 172 g/mol. The van der Waals surface area contributed by atoms with Gasteiger partial charge in [0.05, 0.1) is 19.1 Å². The van der Waals surface area contributed by atoms with E-state index in [0.29, 0.717) is 13.0 Å². The fourth-order valence-corrected chi connectivity index (χ4v) is 0.602. The number of esters is 1. The average molecular weight is 172 g/mol. The van der Waals surface area contributed by atoms with E-state index in [-0.39, 0.29) is 18.7 Å². The largest absolute Gasteiger partial charge is 0.461 e. The van der Waals surface area contributed by atoms with Gasteiger partial charge in [0.25, 0.3) is 0 Å². The van der Waals surface area contributed by atoms with Crippen LogP contribution in [-0.2, 0) is 14.3 Å². The number of hydrogen-bond donors (Lipinski definition) is 0. The number of ether oxygens (including phenoxy) is 2. The van der Waals surface area contributed by atoms with Crippen molar-refractivity contribution in [2.45, 2.75) is 26.4 Å². The predicted molar refractivity (Wildman–Crippen MR) is 46.9 cm³/mol. The average Bonchev–Trinajstić information content (AvgIpc) is 2.00. The van der Waals surface area contributed by atoms with Crippen LogP contribution >= 0.6 is 0 Å². The molecule has 0 aromatic heterocycles. The lowest BCUT2D eigenvalue weighted by molar-refractivity contribution is -0.143. The highest BCUT2D eigenvalue weighted by atomic mass is 16.5. The van der Waals surface area contributed by atoms with Gasteiger partial charge in [-0.2, -0.15) is 0 Å². The molecule has 12 heavy (non-hydrogen) atoms. The summed E-state index contributed by atoms with van der Waals surface area (Å²) >= 11 is 0. The molecule has 3 heteroatoms. The molecule has 0 aliphatic rings. The Bertz CT molecular complexity index is 141. The number of rotatable bonds is 6. The molecule has 0 N–H and O–H groups in total. The highest BCUT2D eigenvalue weighted by Gasteiger charge is 2.01. The van der Waals surface area contributed by atoms with Gasteiger partial charge in [0.1, 0.15) is 6.61 Å². The van der Waals surface area contributed by atoms with Crippen LogP contribution in [0.15, 0.2) is 12.7 Å². The predicted octanol–water partition coefficient (Wildman–Crippen LogP) is 1.53. The van der Waals surface area contributed by atoms with Crippen LogP contribution in [0.5, 0.6) is 0 Å². The van der Waals surface area contributed by atoms with E-state index in [1.54, 1.807) is 6.08 Å². The Morgan fingerprint density at radius 3 is 2.75 bits per heavy atom. The molecule has 0 heterocycles. The summed E-state index contributed by atoms with van der Waals surface area (Å²) in [5.74, 6) is -0.240. The van der Waals surface area contributed by atoms with Crippen LogP contribution in [0.25, 0.3) is 0 Å². The van der Waals surface area contributed by atoms with Gasteiger partial charge in [0.15, 0.2) is 0 Å². The second-order valence-electron chi connectivity index (χ2n) is 2.64. The quantitative estimate of drug-likeness (QED) is 0.450. The lowest BCUT2D eigenvalue weighted by Crippen LogP contribution is -2.11. The molecule has 3 nitrogen and oxygen atoms in total.